The zero-order valence-electron chi connectivity index (χ0n) is 10.9. The van der Waals surface area contributed by atoms with E-state index in [-0.39, 0.29) is 0 Å². The third kappa shape index (κ3) is 2.92. The molecule has 2 rings (SSSR count). The van der Waals surface area contributed by atoms with Crippen LogP contribution in [0.2, 0.25) is 5.02 Å². The number of nitrogens with one attached hydrogen (secondary N) is 1. The number of aromatic nitrogens is 2. The fourth-order valence-corrected chi connectivity index (χ4v) is 2.08. The Balaban J connectivity index is 2.23. The van der Waals surface area contributed by atoms with E-state index in [1.807, 2.05) is 29.9 Å². The van der Waals surface area contributed by atoms with Crippen LogP contribution < -0.4 is 5.32 Å². The molecule has 0 fully saturated rings. The smallest absolute Gasteiger partial charge is 0.141 e. The van der Waals surface area contributed by atoms with Crippen LogP contribution in [0.3, 0.4) is 0 Å². The van der Waals surface area contributed by atoms with Gasteiger partial charge in [0.1, 0.15) is 5.82 Å². The Morgan fingerprint density at radius 1 is 1.39 bits per heavy atom. The van der Waals surface area contributed by atoms with Gasteiger partial charge >= 0.3 is 0 Å². The predicted octanol–water partition coefficient (Wildman–Crippen LogP) is 3.24. The second kappa shape index (κ2) is 5.55. The highest BCUT2D eigenvalue weighted by atomic mass is 35.5. The fourth-order valence-electron chi connectivity index (χ4n) is 1.80. The van der Waals surface area contributed by atoms with Gasteiger partial charge in [-0.2, -0.15) is 0 Å². The molecule has 0 bridgehead atoms. The summed E-state index contributed by atoms with van der Waals surface area (Å²) in [5.41, 5.74) is 2.16. The average molecular weight is 264 g/mol. The van der Waals surface area contributed by atoms with Crippen LogP contribution >= 0.6 is 11.6 Å². The van der Waals surface area contributed by atoms with E-state index in [4.69, 9.17) is 11.6 Å². The van der Waals surface area contributed by atoms with Crippen molar-refractivity contribution >= 4 is 11.6 Å². The van der Waals surface area contributed by atoms with Crippen molar-refractivity contribution in [2.45, 2.75) is 26.4 Å². The van der Waals surface area contributed by atoms with Gasteiger partial charge < -0.3 is 9.88 Å². The van der Waals surface area contributed by atoms with E-state index in [0.717, 1.165) is 23.0 Å². The predicted molar refractivity (Wildman–Crippen MR) is 75.6 cm³/mol. The maximum atomic E-state index is 6.33. The zero-order chi connectivity index (χ0) is 13.1. The SMILES string of the molecule is CC(C)NCc1ccc(-c2nccn2C)c(Cl)c1. The lowest BCUT2D eigenvalue weighted by Gasteiger charge is -2.10. The number of hydrogen-bond donors (Lipinski definition) is 1. The van der Waals surface area contributed by atoms with Gasteiger partial charge in [0.15, 0.2) is 0 Å². The molecule has 0 aliphatic heterocycles. The lowest BCUT2D eigenvalue weighted by molar-refractivity contribution is 0.589. The first-order valence-electron chi connectivity index (χ1n) is 6.07. The van der Waals surface area contributed by atoms with Gasteiger partial charge in [-0.05, 0) is 17.7 Å². The molecule has 96 valence electrons. The zero-order valence-corrected chi connectivity index (χ0v) is 11.7. The van der Waals surface area contributed by atoms with Crippen LogP contribution in [0.15, 0.2) is 30.6 Å². The molecule has 18 heavy (non-hydrogen) atoms. The molecule has 0 saturated carbocycles. The van der Waals surface area contributed by atoms with Gasteiger partial charge in [-0.25, -0.2) is 4.98 Å². The van der Waals surface area contributed by atoms with Crippen LogP contribution in [-0.2, 0) is 13.6 Å². The van der Waals surface area contributed by atoms with Crippen molar-refractivity contribution in [3.63, 3.8) is 0 Å². The minimum Gasteiger partial charge on any atom is -0.334 e. The number of aryl methyl sites for hydroxylation is 1. The summed E-state index contributed by atoms with van der Waals surface area (Å²) in [5.74, 6) is 0.892. The molecule has 0 amide bonds. The molecule has 0 unspecified atom stereocenters. The number of rotatable bonds is 4. The van der Waals surface area contributed by atoms with Crippen molar-refractivity contribution in [3.8, 4) is 11.4 Å². The standard InChI is InChI=1S/C14H18ClN3/c1-10(2)17-9-11-4-5-12(13(15)8-11)14-16-6-7-18(14)3/h4-8,10,17H,9H2,1-3H3. The van der Waals surface area contributed by atoms with E-state index >= 15 is 0 Å². The van der Waals surface area contributed by atoms with E-state index in [1.54, 1.807) is 6.20 Å². The van der Waals surface area contributed by atoms with Crippen LogP contribution in [-0.4, -0.2) is 15.6 Å². The highest BCUT2D eigenvalue weighted by molar-refractivity contribution is 6.33. The van der Waals surface area contributed by atoms with Crippen LogP contribution in [0.4, 0.5) is 0 Å². The van der Waals surface area contributed by atoms with Crippen LogP contribution in [0, 0.1) is 0 Å². The second-order valence-corrected chi connectivity index (χ2v) is 5.12. The first-order chi connectivity index (χ1) is 8.58. The maximum Gasteiger partial charge on any atom is 0.141 e. The lowest BCUT2D eigenvalue weighted by atomic mass is 10.1. The molecule has 0 atom stereocenters. The van der Waals surface area contributed by atoms with Crippen molar-refractivity contribution in [1.82, 2.24) is 14.9 Å². The van der Waals surface area contributed by atoms with Crippen LogP contribution in [0.25, 0.3) is 11.4 Å². The third-order valence-corrected chi connectivity index (χ3v) is 3.12. The summed E-state index contributed by atoms with van der Waals surface area (Å²) in [6.07, 6.45) is 3.69. The van der Waals surface area contributed by atoms with Gasteiger partial charge in [0, 0.05) is 37.6 Å². The molecule has 0 saturated heterocycles. The largest absolute Gasteiger partial charge is 0.334 e. The van der Waals surface area contributed by atoms with E-state index < -0.39 is 0 Å². The van der Waals surface area contributed by atoms with E-state index in [0.29, 0.717) is 6.04 Å². The Hall–Kier alpha value is -1.32. The van der Waals surface area contributed by atoms with Crippen molar-refractivity contribution in [1.29, 1.82) is 0 Å². The van der Waals surface area contributed by atoms with Crippen LogP contribution in [0.5, 0.6) is 0 Å². The summed E-state index contributed by atoms with van der Waals surface area (Å²) in [7, 11) is 1.97. The highest BCUT2D eigenvalue weighted by Crippen LogP contribution is 2.27. The summed E-state index contributed by atoms with van der Waals surface area (Å²) in [4.78, 5) is 4.31. The second-order valence-electron chi connectivity index (χ2n) is 4.71. The van der Waals surface area contributed by atoms with Gasteiger partial charge in [0.05, 0.1) is 5.02 Å². The quantitative estimate of drug-likeness (QED) is 0.918. The molecule has 1 aromatic heterocycles. The molecule has 0 aliphatic rings. The number of benzene rings is 1. The first kappa shape index (κ1) is 13.1. The molecule has 0 radical (unpaired) electrons. The number of halogens is 1. The summed E-state index contributed by atoms with van der Waals surface area (Å²) >= 11 is 6.33. The minimum absolute atomic E-state index is 0.470. The number of hydrogen-bond acceptors (Lipinski definition) is 2. The molecule has 3 nitrogen and oxygen atoms in total. The summed E-state index contributed by atoms with van der Waals surface area (Å²) in [6, 6.07) is 6.59. The topological polar surface area (TPSA) is 29.9 Å². The van der Waals surface area contributed by atoms with Gasteiger partial charge in [0.25, 0.3) is 0 Å². The molecule has 0 aliphatic carbocycles. The number of nitrogens with zero attached hydrogens (tertiary/aromatic N) is 2. The third-order valence-electron chi connectivity index (χ3n) is 2.81. The molecular weight excluding hydrogens is 246 g/mol. The molecule has 1 heterocycles. The van der Waals surface area contributed by atoms with Gasteiger partial charge in [-0.15, -0.1) is 0 Å². The Kier molecular flexibility index (Phi) is 4.04. The highest BCUT2D eigenvalue weighted by Gasteiger charge is 2.08. The van der Waals surface area contributed by atoms with Gasteiger partial charge in [0.2, 0.25) is 0 Å². The molecule has 0 spiro atoms. The van der Waals surface area contributed by atoms with Gasteiger partial charge in [-0.1, -0.05) is 31.5 Å². The fraction of sp³-hybridized carbons (Fsp3) is 0.357. The van der Waals surface area contributed by atoms with Crippen molar-refractivity contribution in [2.75, 3.05) is 0 Å². The summed E-state index contributed by atoms with van der Waals surface area (Å²) < 4.78 is 1.97. The Morgan fingerprint density at radius 2 is 2.17 bits per heavy atom. The Labute approximate surface area is 113 Å². The molecule has 2 aromatic rings. The summed E-state index contributed by atoms with van der Waals surface area (Å²) in [5, 5.41) is 4.12. The monoisotopic (exact) mass is 263 g/mol. The Bertz CT molecular complexity index is 532. The molecule has 1 N–H and O–H groups in total. The molecule has 4 heteroatoms. The van der Waals surface area contributed by atoms with Crippen molar-refractivity contribution < 1.29 is 0 Å². The molecular formula is C14H18ClN3. The Morgan fingerprint density at radius 3 is 2.72 bits per heavy atom. The van der Waals surface area contributed by atoms with Crippen molar-refractivity contribution in [2.24, 2.45) is 7.05 Å². The average Bonchev–Trinajstić information content (AvgIpc) is 2.73. The maximum absolute atomic E-state index is 6.33. The number of imidazole rings is 1. The minimum atomic E-state index is 0.470. The van der Waals surface area contributed by atoms with Crippen LogP contribution in [0.1, 0.15) is 19.4 Å². The first-order valence-corrected chi connectivity index (χ1v) is 6.45. The van der Waals surface area contributed by atoms with E-state index in [1.165, 1.54) is 5.56 Å². The van der Waals surface area contributed by atoms with Crippen molar-refractivity contribution in [3.05, 3.63) is 41.2 Å². The lowest BCUT2D eigenvalue weighted by Crippen LogP contribution is -2.21. The van der Waals surface area contributed by atoms with Gasteiger partial charge in [-0.3, -0.25) is 0 Å². The normalized spacial score (nSPS) is 11.2. The molecule has 1 aromatic carbocycles. The van der Waals surface area contributed by atoms with E-state index in [2.05, 4.69) is 30.2 Å². The summed E-state index contributed by atoms with van der Waals surface area (Å²) in [6.45, 7) is 5.09. The van der Waals surface area contributed by atoms with E-state index in [9.17, 15) is 0 Å².